The number of hydrogen-bond donors (Lipinski definition) is 2. The number of carbonyl (C=O) groups is 2. The molecule has 0 aromatic rings. The smallest absolute Gasteiger partial charge is 0.378 e. The lowest BCUT2D eigenvalue weighted by atomic mass is 9.84. The highest BCUT2D eigenvalue weighted by Gasteiger charge is 2.70. The molecule has 6 heteroatoms. The van der Waals surface area contributed by atoms with Gasteiger partial charge < -0.3 is 14.9 Å². The molecule has 2 N–H and O–H groups in total. The lowest BCUT2D eigenvalue weighted by Crippen LogP contribution is -2.55. The average molecular weight is 260 g/mol. The minimum atomic E-state index is -2.28. The fourth-order valence-corrected chi connectivity index (χ4v) is 1.64. The predicted molar refractivity (Wildman–Crippen MR) is 61.4 cm³/mol. The van der Waals surface area contributed by atoms with Gasteiger partial charge in [-0.2, -0.15) is 0 Å². The van der Waals surface area contributed by atoms with E-state index in [1.165, 1.54) is 0 Å². The summed E-state index contributed by atoms with van der Waals surface area (Å²) in [6, 6.07) is 0. The molecule has 1 heterocycles. The molecule has 6 nitrogen and oxygen atoms in total. The first-order valence-corrected chi connectivity index (χ1v) is 5.67. The summed E-state index contributed by atoms with van der Waals surface area (Å²) in [7, 11) is 0. The Hall–Kier alpha value is -1.14. The van der Waals surface area contributed by atoms with Crippen LogP contribution in [-0.2, 0) is 19.1 Å². The summed E-state index contributed by atoms with van der Waals surface area (Å²) in [6.45, 7) is 9.37. The molecule has 0 aromatic heterocycles. The minimum Gasteiger partial charge on any atom is -0.476 e. The third-order valence-corrected chi connectivity index (χ3v) is 3.09. The van der Waals surface area contributed by atoms with Crippen molar-refractivity contribution in [3.63, 3.8) is 0 Å². The molecule has 0 amide bonds. The van der Waals surface area contributed by atoms with Crippen LogP contribution in [0.4, 0.5) is 0 Å². The molecule has 0 spiro atoms. The van der Waals surface area contributed by atoms with Gasteiger partial charge in [-0.1, -0.05) is 41.5 Å². The molecular weight excluding hydrogens is 240 g/mol. The first-order valence-electron chi connectivity index (χ1n) is 5.67. The minimum absolute atomic E-state index is 1.01. The number of carbonyl (C=O) groups excluding carboxylic acids is 1. The Balaban J connectivity index is 3.34. The van der Waals surface area contributed by atoms with Crippen LogP contribution in [0.1, 0.15) is 41.5 Å². The van der Waals surface area contributed by atoms with Crippen molar-refractivity contribution in [2.24, 2.45) is 10.8 Å². The standard InChI is InChI=1S/C12H20O6/c1-9(2,3)11(16)8(15)17-12(18-11,7(13)14)10(4,5)6/h16H,1-6H3,(H,13,14)/t11-,12-/m1/s1. The Morgan fingerprint density at radius 2 is 1.56 bits per heavy atom. The van der Waals surface area contributed by atoms with Crippen LogP contribution in [-0.4, -0.2) is 33.7 Å². The van der Waals surface area contributed by atoms with E-state index in [0.29, 0.717) is 0 Å². The largest absolute Gasteiger partial charge is 0.476 e. The van der Waals surface area contributed by atoms with Crippen molar-refractivity contribution in [3.8, 4) is 0 Å². The van der Waals surface area contributed by atoms with Gasteiger partial charge in [0.15, 0.2) is 0 Å². The molecule has 1 rings (SSSR count). The number of rotatable bonds is 1. The van der Waals surface area contributed by atoms with Gasteiger partial charge in [0.1, 0.15) is 0 Å². The van der Waals surface area contributed by atoms with Crippen molar-refractivity contribution in [2.45, 2.75) is 53.1 Å². The van der Waals surface area contributed by atoms with E-state index in [1.54, 1.807) is 41.5 Å². The molecule has 0 radical (unpaired) electrons. The zero-order chi connectivity index (χ0) is 14.6. The van der Waals surface area contributed by atoms with Gasteiger partial charge in [-0.15, -0.1) is 0 Å². The molecule has 1 saturated heterocycles. The summed E-state index contributed by atoms with van der Waals surface area (Å²) in [5.41, 5.74) is -2.03. The van der Waals surface area contributed by atoms with Crippen LogP contribution in [0.15, 0.2) is 0 Å². The zero-order valence-corrected chi connectivity index (χ0v) is 11.5. The van der Waals surface area contributed by atoms with Crippen LogP contribution < -0.4 is 0 Å². The molecule has 0 unspecified atom stereocenters. The van der Waals surface area contributed by atoms with Crippen molar-refractivity contribution in [2.75, 3.05) is 0 Å². The van der Waals surface area contributed by atoms with Gasteiger partial charge in [0.05, 0.1) is 0 Å². The number of aliphatic hydroxyl groups is 1. The molecule has 1 aliphatic heterocycles. The summed E-state index contributed by atoms with van der Waals surface area (Å²) >= 11 is 0. The van der Waals surface area contributed by atoms with Gasteiger partial charge in [0.25, 0.3) is 5.79 Å². The number of carboxylic acid groups (broad SMARTS) is 1. The van der Waals surface area contributed by atoms with Gasteiger partial charge in [-0.05, 0) is 0 Å². The number of hydrogen-bond acceptors (Lipinski definition) is 5. The van der Waals surface area contributed by atoms with Crippen LogP contribution in [0.5, 0.6) is 0 Å². The monoisotopic (exact) mass is 260 g/mol. The van der Waals surface area contributed by atoms with E-state index < -0.39 is 34.3 Å². The molecular formula is C12H20O6. The molecule has 0 aliphatic carbocycles. The van der Waals surface area contributed by atoms with Crippen LogP contribution in [0.25, 0.3) is 0 Å². The summed E-state index contributed by atoms with van der Waals surface area (Å²) < 4.78 is 10.1. The van der Waals surface area contributed by atoms with E-state index in [0.717, 1.165) is 0 Å². The predicted octanol–water partition coefficient (Wildman–Crippen LogP) is 1.12. The zero-order valence-electron chi connectivity index (χ0n) is 11.5. The summed E-state index contributed by atoms with van der Waals surface area (Å²) in [6.07, 6.45) is 0. The van der Waals surface area contributed by atoms with E-state index in [2.05, 4.69) is 0 Å². The third-order valence-electron chi connectivity index (χ3n) is 3.09. The van der Waals surface area contributed by atoms with Gasteiger partial charge in [0.2, 0.25) is 0 Å². The molecule has 1 aliphatic rings. The van der Waals surface area contributed by atoms with Crippen LogP contribution in [0.3, 0.4) is 0 Å². The second-order valence-electron chi connectivity index (χ2n) is 6.56. The Morgan fingerprint density at radius 1 is 1.11 bits per heavy atom. The first kappa shape index (κ1) is 14.9. The SMILES string of the molecule is CC(C)(C)[C@]1(C(=O)O)OC(=O)[C@](O)(C(C)(C)C)O1. The number of esters is 1. The highest BCUT2D eigenvalue weighted by molar-refractivity contribution is 5.88. The molecule has 104 valence electrons. The molecule has 18 heavy (non-hydrogen) atoms. The van der Waals surface area contributed by atoms with Crippen LogP contribution in [0.2, 0.25) is 0 Å². The van der Waals surface area contributed by atoms with Crippen LogP contribution >= 0.6 is 0 Å². The number of cyclic esters (lactones) is 1. The van der Waals surface area contributed by atoms with Crippen LogP contribution in [0, 0.1) is 10.8 Å². The summed E-state index contributed by atoms with van der Waals surface area (Å²) in [5.74, 6) is -6.99. The molecule has 0 saturated carbocycles. The molecule has 0 aromatic carbocycles. The first-order chi connectivity index (χ1) is 7.78. The van der Waals surface area contributed by atoms with E-state index in [9.17, 15) is 19.8 Å². The van der Waals surface area contributed by atoms with E-state index in [1.807, 2.05) is 0 Å². The van der Waals surface area contributed by atoms with Crippen molar-refractivity contribution in [1.29, 1.82) is 0 Å². The van der Waals surface area contributed by atoms with Crippen molar-refractivity contribution >= 4 is 11.9 Å². The molecule has 2 atom stereocenters. The fourth-order valence-electron chi connectivity index (χ4n) is 1.64. The fraction of sp³-hybridized carbons (Fsp3) is 0.833. The van der Waals surface area contributed by atoms with Gasteiger partial charge in [-0.3, -0.25) is 4.74 Å². The Bertz CT molecular complexity index is 388. The lowest BCUT2D eigenvalue weighted by molar-refractivity contribution is -0.303. The maximum absolute atomic E-state index is 11.8. The molecule has 0 bridgehead atoms. The topological polar surface area (TPSA) is 93.1 Å². The number of carboxylic acids is 1. The highest BCUT2D eigenvalue weighted by Crippen LogP contribution is 2.49. The normalized spacial score (nSPS) is 33.4. The van der Waals surface area contributed by atoms with E-state index in [4.69, 9.17) is 9.47 Å². The Labute approximate surface area is 106 Å². The van der Waals surface area contributed by atoms with Gasteiger partial charge in [-0.25, -0.2) is 9.59 Å². The van der Waals surface area contributed by atoms with Gasteiger partial charge in [0, 0.05) is 10.8 Å². The van der Waals surface area contributed by atoms with Gasteiger partial charge >= 0.3 is 17.7 Å². The van der Waals surface area contributed by atoms with Crippen molar-refractivity contribution in [1.82, 2.24) is 0 Å². The number of ether oxygens (including phenoxy) is 2. The Kier molecular flexibility index (Phi) is 3.05. The second kappa shape index (κ2) is 3.68. The Morgan fingerprint density at radius 3 is 1.72 bits per heavy atom. The third kappa shape index (κ3) is 1.80. The van der Waals surface area contributed by atoms with E-state index in [-0.39, 0.29) is 0 Å². The van der Waals surface area contributed by atoms with Crippen molar-refractivity contribution in [3.05, 3.63) is 0 Å². The quantitative estimate of drug-likeness (QED) is 0.686. The number of aliphatic carboxylic acids is 1. The maximum Gasteiger partial charge on any atom is 0.378 e. The highest BCUT2D eigenvalue weighted by atomic mass is 16.8. The second-order valence-corrected chi connectivity index (χ2v) is 6.56. The summed E-state index contributed by atoms with van der Waals surface area (Å²) in [4.78, 5) is 23.3. The average Bonchev–Trinajstić information content (AvgIpc) is 2.39. The van der Waals surface area contributed by atoms with E-state index >= 15 is 0 Å². The maximum atomic E-state index is 11.8. The molecule has 1 fully saturated rings. The summed E-state index contributed by atoms with van der Waals surface area (Å²) in [5, 5.41) is 19.6. The lowest BCUT2D eigenvalue weighted by Gasteiger charge is -2.37. The van der Waals surface area contributed by atoms with Crippen molar-refractivity contribution < 1.29 is 29.3 Å².